The van der Waals surface area contributed by atoms with Crippen LogP contribution in [0.15, 0.2) is 24.3 Å². The molecular formula is C17H27NO2. The SMILES string of the molecule is COCc1ccccc1CNCCOC1CCCCC1. The van der Waals surface area contributed by atoms with Gasteiger partial charge in [-0.25, -0.2) is 0 Å². The Balaban J connectivity index is 1.63. The van der Waals surface area contributed by atoms with Crippen LogP contribution in [0.5, 0.6) is 0 Å². The molecule has 0 atom stereocenters. The van der Waals surface area contributed by atoms with Crippen LogP contribution in [-0.2, 0) is 22.6 Å². The van der Waals surface area contributed by atoms with Gasteiger partial charge in [-0.1, -0.05) is 43.5 Å². The van der Waals surface area contributed by atoms with Gasteiger partial charge in [0.05, 0.1) is 19.3 Å². The van der Waals surface area contributed by atoms with E-state index < -0.39 is 0 Å². The number of rotatable bonds is 8. The lowest BCUT2D eigenvalue weighted by Crippen LogP contribution is -2.24. The molecule has 0 amide bonds. The van der Waals surface area contributed by atoms with Crippen LogP contribution in [0.3, 0.4) is 0 Å². The average molecular weight is 277 g/mol. The Labute approximate surface area is 122 Å². The van der Waals surface area contributed by atoms with E-state index in [-0.39, 0.29) is 0 Å². The first-order valence-corrected chi connectivity index (χ1v) is 7.78. The predicted molar refractivity (Wildman–Crippen MR) is 81.7 cm³/mol. The number of benzene rings is 1. The molecule has 1 aliphatic carbocycles. The predicted octanol–water partition coefficient (Wildman–Crippen LogP) is 3.27. The highest BCUT2D eigenvalue weighted by molar-refractivity contribution is 5.26. The summed E-state index contributed by atoms with van der Waals surface area (Å²) in [6.45, 7) is 3.29. The molecule has 0 heterocycles. The smallest absolute Gasteiger partial charge is 0.0716 e. The van der Waals surface area contributed by atoms with E-state index in [0.717, 1.165) is 19.7 Å². The molecule has 0 bridgehead atoms. The van der Waals surface area contributed by atoms with Crippen LogP contribution in [0.25, 0.3) is 0 Å². The fourth-order valence-electron chi connectivity index (χ4n) is 2.78. The summed E-state index contributed by atoms with van der Waals surface area (Å²) in [6.07, 6.45) is 7.05. The van der Waals surface area contributed by atoms with Gasteiger partial charge >= 0.3 is 0 Å². The van der Waals surface area contributed by atoms with Crippen LogP contribution in [0.4, 0.5) is 0 Å². The van der Waals surface area contributed by atoms with E-state index in [0.29, 0.717) is 12.7 Å². The summed E-state index contributed by atoms with van der Waals surface area (Å²) in [4.78, 5) is 0. The topological polar surface area (TPSA) is 30.5 Å². The van der Waals surface area contributed by atoms with Crippen molar-refractivity contribution in [2.75, 3.05) is 20.3 Å². The van der Waals surface area contributed by atoms with E-state index >= 15 is 0 Å². The second kappa shape index (κ2) is 9.11. The van der Waals surface area contributed by atoms with E-state index in [4.69, 9.17) is 9.47 Å². The average Bonchev–Trinajstić information content (AvgIpc) is 2.50. The number of hydrogen-bond acceptors (Lipinski definition) is 3. The molecule has 112 valence electrons. The van der Waals surface area contributed by atoms with Gasteiger partial charge in [-0.2, -0.15) is 0 Å². The monoisotopic (exact) mass is 277 g/mol. The molecule has 0 spiro atoms. The van der Waals surface area contributed by atoms with Crippen molar-refractivity contribution in [1.82, 2.24) is 5.32 Å². The minimum absolute atomic E-state index is 0.506. The number of hydrogen-bond donors (Lipinski definition) is 1. The fraction of sp³-hybridized carbons (Fsp3) is 0.647. The van der Waals surface area contributed by atoms with Gasteiger partial charge in [0.1, 0.15) is 0 Å². The summed E-state index contributed by atoms with van der Waals surface area (Å²) in [5, 5.41) is 3.46. The lowest BCUT2D eigenvalue weighted by molar-refractivity contribution is 0.0302. The van der Waals surface area contributed by atoms with Gasteiger partial charge in [0.25, 0.3) is 0 Å². The second-order valence-corrected chi connectivity index (χ2v) is 5.51. The first-order chi connectivity index (χ1) is 9.90. The Morgan fingerprint density at radius 1 is 1.10 bits per heavy atom. The van der Waals surface area contributed by atoms with Crippen molar-refractivity contribution in [2.24, 2.45) is 0 Å². The highest BCUT2D eigenvalue weighted by Crippen LogP contribution is 2.19. The van der Waals surface area contributed by atoms with Gasteiger partial charge in [0.2, 0.25) is 0 Å². The Hall–Kier alpha value is -0.900. The second-order valence-electron chi connectivity index (χ2n) is 5.51. The van der Waals surface area contributed by atoms with Crippen molar-refractivity contribution in [3.8, 4) is 0 Å². The molecule has 1 aliphatic rings. The molecule has 1 N–H and O–H groups in total. The maximum Gasteiger partial charge on any atom is 0.0716 e. The molecule has 1 aromatic rings. The Bertz CT molecular complexity index is 375. The highest BCUT2D eigenvalue weighted by atomic mass is 16.5. The van der Waals surface area contributed by atoms with Crippen molar-refractivity contribution in [3.05, 3.63) is 35.4 Å². The first-order valence-electron chi connectivity index (χ1n) is 7.78. The minimum atomic E-state index is 0.506. The summed E-state index contributed by atoms with van der Waals surface area (Å²) in [6, 6.07) is 8.42. The molecule has 0 radical (unpaired) electrons. The van der Waals surface area contributed by atoms with Crippen LogP contribution >= 0.6 is 0 Å². The van der Waals surface area contributed by atoms with Crippen LogP contribution in [0.1, 0.15) is 43.2 Å². The fourth-order valence-corrected chi connectivity index (χ4v) is 2.78. The molecule has 0 aliphatic heterocycles. The first kappa shape index (κ1) is 15.5. The molecular weight excluding hydrogens is 250 g/mol. The van der Waals surface area contributed by atoms with Crippen molar-refractivity contribution < 1.29 is 9.47 Å². The molecule has 20 heavy (non-hydrogen) atoms. The minimum Gasteiger partial charge on any atom is -0.380 e. The van der Waals surface area contributed by atoms with E-state index in [1.807, 2.05) is 0 Å². The zero-order valence-corrected chi connectivity index (χ0v) is 12.6. The summed E-state index contributed by atoms with van der Waals surface area (Å²) in [5.74, 6) is 0. The standard InChI is InChI=1S/C17H27NO2/c1-19-14-16-8-6-5-7-15(16)13-18-11-12-20-17-9-3-2-4-10-17/h5-8,17-18H,2-4,9-14H2,1H3. The Morgan fingerprint density at radius 2 is 1.85 bits per heavy atom. The lowest BCUT2D eigenvalue weighted by Gasteiger charge is -2.22. The van der Waals surface area contributed by atoms with Crippen molar-refractivity contribution in [3.63, 3.8) is 0 Å². The van der Waals surface area contributed by atoms with Crippen molar-refractivity contribution in [1.29, 1.82) is 0 Å². The number of nitrogens with one attached hydrogen (secondary N) is 1. The summed E-state index contributed by atoms with van der Waals surface area (Å²) < 4.78 is 11.1. The molecule has 1 fully saturated rings. The highest BCUT2D eigenvalue weighted by Gasteiger charge is 2.12. The van der Waals surface area contributed by atoms with E-state index in [9.17, 15) is 0 Å². The van der Waals surface area contributed by atoms with Gasteiger partial charge in [-0.3, -0.25) is 0 Å². The third-order valence-electron chi connectivity index (χ3n) is 3.92. The lowest BCUT2D eigenvalue weighted by atomic mass is 9.98. The van der Waals surface area contributed by atoms with E-state index in [2.05, 4.69) is 29.6 Å². The molecule has 0 saturated heterocycles. The third-order valence-corrected chi connectivity index (χ3v) is 3.92. The quantitative estimate of drug-likeness (QED) is 0.740. The van der Waals surface area contributed by atoms with Gasteiger partial charge in [-0.05, 0) is 24.0 Å². The molecule has 2 rings (SSSR count). The maximum absolute atomic E-state index is 5.91. The van der Waals surface area contributed by atoms with Gasteiger partial charge in [0.15, 0.2) is 0 Å². The van der Waals surface area contributed by atoms with Crippen LogP contribution in [0, 0.1) is 0 Å². The largest absolute Gasteiger partial charge is 0.380 e. The molecule has 3 heteroatoms. The molecule has 1 aromatic carbocycles. The summed E-state index contributed by atoms with van der Waals surface area (Å²) in [7, 11) is 1.74. The van der Waals surface area contributed by atoms with Gasteiger partial charge in [-0.15, -0.1) is 0 Å². The summed E-state index contributed by atoms with van der Waals surface area (Å²) >= 11 is 0. The van der Waals surface area contributed by atoms with Crippen LogP contribution in [-0.4, -0.2) is 26.4 Å². The van der Waals surface area contributed by atoms with Crippen molar-refractivity contribution >= 4 is 0 Å². The maximum atomic E-state index is 5.91. The Morgan fingerprint density at radius 3 is 2.60 bits per heavy atom. The zero-order valence-electron chi connectivity index (χ0n) is 12.6. The Kier molecular flexibility index (Phi) is 7.06. The van der Waals surface area contributed by atoms with Crippen molar-refractivity contribution in [2.45, 2.75) is 51.4 Å². The number of ether oxygens (including phenoxy) is 2. The van der Waals surface area contributed by atoms with E-state index in [1.165, 1.54) is 43.2 Å². The zero-order chi connectivity index (χ0) is 14.0. The normalized spacial score (nSPS) is 16.4. The van der Waals surface area contributed by atoms with Crippen LogP contribution in [0.2, 0.25) is 0 Å². The molecule has 0 unspecified atom stereocenters. The van der Waals surface area contributed by atoms with Gasteiger partial charge < -0.3 is 14.8 Å². The molecule has 0 aromatic heterocycles. The third kappa shape index (κ3) is 5.23. The number of methoxy groups -OCH3 is 1. The molecule has 3 nitrogen and oxygen atoms in total. The molecule has 1 saturated carbocycles. The van der Waals surface area contributed by atoms with E-state index in [1.54, 1.807) is 7.11 Å². The van der Waals surface area contributed by atoms with Gasteiger partial charge in [0, 0.05) is 20.2 Å². The van der Waals surface area contributed by atoms with Crippen LogP contribution < -0.4 is 5.32 Å². The summed E-state index contributed by atoms with van der Waals surface area (Å²) in [5.41, 5.74) is 2.57.